The van der Waals surface area contributed by atoms with E-state index in [9.17, 15) is 4.39 Å². The second-order valence-electron chi connectivity index (χ2n) is 6.36. The minimum atomic E-state index is -0.289. The van der Waals surface area contributed by atoms with E-state index >= 15 is 0 Å². The number of aliphatic imine (C=N–C) groups is 1. The minimum absolute atomic E-state index is 0.289. The van der Waals surface area contributed by atoms with Gasteiger partial charge in [-0.05, 0) is 49.7 Å². The molecule has 122 valence electrons. The zero-order valence-electron chi connectivity index (χ0n) is 13.8. The van der Waals surface area contributed by atoms with Crippen LogP contribution in [-0.4, -0.2) is 24.0 Å². The number of halogens is 1. The third-order valence-corrected chi connectivity index (χ3v) is 4.54. The largest absolute Gasteiger partial charge is 0.354 e. The van der Waals surface area contributed by atoms with Crippen LogP contribution in [0, 0.1) is 17.7 Å². The van der Waals surface area contributed by atoms with Crippen molar-refractivity contribution in [2.45, 2.75) is 52.1 Å². The molecule has 2 rings (SSSR count). The Morgan fingerprint density at radius 1 is 1.36 bits per heavy atom. The highest BCUT2D eigenvalue weighted by atomic mass is 19.1. The summed E-state index contributed by atoms with van der Waals surface area (Å²) in [6, 6.07) is 3.47. The van der Waals surface area contributed by atoms with Crippen molar-refractivity contribution >= 4 is 5.96 Å². The number of rotatable bonds is 4. The summed E-state index contributed by atoms with van der Waals surface area (Å²) in [7, 11) is 1.74. The Balaban J connectivity index is 1.80. The molecule has 0 spiro atoms. The molecule has 2 N–H and O–H groups in total. The zero-order chi connectivity index (χ0) is 15.9. The van der Waals surface area contributed by atoms with Crippen LogP contribution in [0.4, 0.5) is 4.39 Å². The van der Waals surface area contributed by atoms with Gasteiger partial charge in [-0.1, -0.05) is 13.8 Å². The fourth-order valence-corrected chi connectivity index (χ4v) is 3.03. The number of nitrogens with one attached hydrogen (secondary N) is 2. The van der Waals surface area contributed by atoms with E-state index in [1.807, 2.05) is 0 Å². The molecule has 0 saturated heterocycles. The van der Waals surface area contributed by atoms with Crippen molar-refractivity contribution in [3.63, 3.8) is 0 Å². The lowest BCUT2D eigenvalue weighted by Crippen LogP contribution is -2.45. The molecule has 0 bridgehead atoms. The van der Waals surface area contributed by atoms with Gasteiger partial charge >= 0.3 is 0 Å². The summed E-state index contributed by atoms with van der Waals surface area (Å²) in [4.78, 5) is 8.27. The van der Waals surface area contributed by atoms with Gasteiger partial charge in [0.15, 0.2) is 5.96 Å². The summed E-state index contributed by atoms with van der Waals surface area (Å²) in [5.41, 5.74) is 0.411. The summed E-state index contributed by atoms with van der Waals surface area (Å²) in [5.74, 6) is 2.04. The number of aromatic nitrogens is 1. The molecule has 5 heteroatoms. The maximum Gasteiger partial charge on any atom is 0.191 e. The molecular weight excluding hydrogens is 279 g/mol. The van der Waals surface area contributed by atoms with E-state index in [1.54, 1.807) is 19.3 Å². The second kappa shape index (κ2) is 8.11. The highest BCUT2D eigenvalue weighted by molar-refractivity contribution is 5.79. The first-order valence-corrected chi connectivity index (χ1v) is 8.16. The fourth-order valence-electron chi connectivity index (χ4n) is 3.03. The molecule has 1 saturated carbocycles. The molecular formula is C17H27FN4. The predicted octanol–water partition coefficient (Wildman–Crippen LogP) is 3.10. The van der Waals surface area contributed by atoms with E-state index in [2.05, 4.69) is 34.5 Å². The molecule has 1 heterocycles. The molecule has 1 aromatic rings. The number of pyridine rings is 1. The van der Waals surface area contributed by atoms with Crippen LogP contribution in [0.3, 0.4) is 0 Å². The van der Waals surface area contributed by atoms with Gasteiger partial charge in [-0.3, -0.25) is 9.98 Å². The predicted molar refractivity (Wildman–Crippen MR) is 88.1 cm³/mol. The van der Waals surface area contributed by atoms with Crippen molar-refractivity contribution < 1.29 is 4.39 Å². The summed E-state index contributed by atoms with van der Waals surface area (Å²) in [6.45, 7) is 4.95. The molecule has 0 atom stereocenters. The lowest BCUT2D eigenvalue weighted by atomic mass is 9.80. The lowest BCUT2D eigenvalue weighted by Gasteiger charge is -2.32. The molecule has 0 unspecified atom stereocenters. The van der Waals surface area contributed by atoms with E-state index in [-0.39, 0.29) is 5.82 Å². The van der Waals surface area contributed by atoms with Crippen molar-refractivity contribution in [3.05, 3.63) is 29.8 Å². The Bertz CT molecular complexity index is 493. The van der Waals surface area contributed by atoms with Crippen LogP contribution in [0.1, 0.15) is 45.2 Å². The Kier molecular flexibility index (Phi) is 6.16. The lowest BCUT2D eigenvalue weighted by molar-refractivity contribution is 0.250. The number of hydrogen-bond acceptors (Lipinski definition) is 2. The van der Waals surface area contributed by atoms with E-state index in [0.717, 1.165) is 17.8 Å². The molecule has 0 aliphatic heterocycles. The zero-order valence-corrected chi connectivity index (χ0v) is 13.8. The smallest absolute Gasteiger partial charge is 0.191 e. The first kappa shape index (κ1) is 16.7. The van der Waals surface area contributed by atoms with Gasteiger partial charge in [0.05, 0.1) is 12.2 Å². The molecule has 22 heavy (non-hydrogen) atoms. The Morgan fingerprint density at radius 3 is 2.68 bits per heavy atom. The molecule has 1 aliphatic carbocycles. The first-order valence-electron chi connectivity index (χ1n) is 8.16. The molecule has 1 aromatic heterocycles. The van der Waals surface area contributed by atoms with E-state index in [1.165, 1.54) is 31.7 Å². The van der Waals surface area contributed by atoms with E-state index in [4.69, 9.17) is 0 Å². The topological polar surface area (TPSA) is 49.3 Å². The van der Waals surface area contributed by atoms with Gasteiger partial charge in [-0.25, -0.2) is 4.39 Å². The molecule has 0 aromatic carbocycles. The summed E-state index contributed by atoms with van der Waals surface area (Å²) in [6.07, 6.45) is 6.47. The minimum Gasteiger partial charge on any atom is -0.354 e. The van der Waals surface area contributed by atoms with Crippen LogP contribution in [0.25, 0.3) is 0 Å². The summed E-state index contributed by atoms with van der Waals surface area (Å²) >= 11 is 0. The third-order valence-electron chi connectivity index (χ3n) is 4.54. The van der Waals surface area contributed by atoms with Gasteiger partial charge in [0.25, 0.3) is 0 Å². The highest BCUT2D eigenvalue weighted by Gasteiger charge is 2.23. The maximum atomic E-state index is 13.6. The normalized spacial score (nSPS) is 22.7. The van der Waals surface area contributed by atoms with E-state index < -0.39 is 0 Å². The van der Waals surface area contributed by atoms with Gasteiger partial charge in [0.2, 0.25) is 0 Å². The van der Waals surface area contributed by atoms with Gasteiger partial charge in [0.1, 0.15) is 5.82 Å². The van der Waals surface area contributed by atoms with Crippen LogP contribution in [-0.2, 0) is 6.54 Å². The monoisotopic (exact) mass is 306 g/mol. The Labute approximate surface area is 132 Å². The Morgan fingerprint density at radius 2 is 2.09 bits per heavy atom. The second-order valence-corrected chi connectivity index (χ2v) is 6.36. The van der Waals surface area contributed by atoms with Crippen molar-refractivity contribution in [2.24, 2.45) is 16.8 Å². The summed E-state index contributed by atoms with van der Waals surface area (Å²) in [5, 5.41) is 6.59. The van der Waals surface area contributed by atoms with E-state index in [0.29, 0.717) is 18.3 Å². The third kappa shape index (κ3) is 4.68. The quantitative estimate of drug-likeness (QED) is 0.664. The summed E-state index contributed by atoms with van der Waals surface area (Å²) < 4.78 is 13.6. The average Bonchev–Trinajstić information content (AvgIpc) is 2.53. The van der Waals surface area contributed by atoms with Crippen molar-refractivity contribution in [1.82, 2.24) is 15.6 Å². The van der Waals surface area contributed by atoms with Crippen LogP contribution >= 0.6 is 0 Å². The maximum absolute atomic E-state index is 13.6. The Hall–Kier alpha value is -1.65. The highest BCUT2D eigenvalue weighted by Crippen LogP contribution is 2.29. The van der Waals surface area contributed by atoms with Gasteiger partial charge in [0, 0.05) is 19.3 Å². The number of nitrogens with zero attached hydrogens (tertiary/aromatic N) is 2. The van der Waals surface area contributed by atoms with Crippen molar-refractivity contribution in [1.29, 1.82) is 0 Å². The number of hydrogen-bond donors (Lipinski definition) is 2. The molecule has 0 amide bonds. The van der Waals surface area contributed by atoms with Gasteiger partial charge in [-0.15, -0.1) is 0 Å². The van der Waals surface area contributed by atoms with Crippen LogP contribution in [0.5, 0.6) is 0 Å². The molecule has 4 nitrogen and oxygen atoms in total. The molecule has 1 aliphatic rings. The van der Waals surface area contributed by atoms with Gasteiger partial charge in [-0.2, -0.15) is 0 Å². The van der Waals surface area contributed by atoms with Crippen LogP contribution in [0.15, 0.2) is 23.3 Å². The number of guanidine groups is 1. The first-order chi connectivity index (χ1) is 10.6. The van der Waals surface area contributed by atoms with Crippen LogP contribution < -0.4 is 10.6 Å². The molecule has 0 radical (unpaired) electrons. The molecule has 1 fully saturated rings. The standard InChI is InChI=1S/C17H27FN4/c1-12(2)13-6-8-14(9-7-13)22-17(19-3)21-11-16-15(18)5-4-10-20-16/h4-5,10,12-14H,6-9,11H2,1-3H3,(H2,19,21,22). The SMILES string of the molecule is CN=C(NCc1ncccc1F)NC1CCC(C(C)C)CC1. The average molecular weight is 306 g/mol. The van der Waals surface area contributed by atoms with Gasteiger partial charge < -0.3 is 10.6 Å². The van der Waals surface area contributed by atoms with Crippen molar-refractivity contribution in [3.8, 4) is 0 Å². The van der Waals surface area contributed by atoms with Crippen LogP contribution in [0.2, 0.25) is 0 Å². The van der Waals surface area contributed by atoms with Crippen molar-refractivity contribution in [2.75, 3.05) is 7.05 Å². The fraction of sp³-hybridized carbons (Fsp3) is 0.647.